The second-order valence-electron chi connectivity index (χ2n) is 8.06. The predicted molar refractivity (Wildman–Crippen MR) is 114 cm³/mol. The molecular formula is C22H28N4O5. The van der Waals surface area contributed by atoms with E-state index in [9.17, 15) is 19.2 Å². The zero-order valence-corrected chi connectivity index (χ0v) is 17.8. The van der Waals surface area contributed by atoms with Gasteiger partial charge in [0, 0.05) is 18.9 Å². The van der Waals surface area contributed by atoms with E-state index in [-0.39, 0.29) is 30.5 Å². The van der Waals surface area contributed by atoms with Crippen LogP contribution in [-0.4, -0.2) is 42.2 Å². The lowest BCUT2D eigenvalue weighted by molar-refractivity contribution is -0.142. The third-order valence-electron chi connectivity index (χ3n) is 5.88. The van der Waals surface area contributed by atoms with Crippen LogP contribution in [0.15, 0.2) is 35.4 Å². The minimum absolute atomic E-state index is 0.0113. The van der Waals surface area contributed by atoms with Crippen molar-refractivity contribution in [3.8, 4) is 0 Å². The number of imide groups is 1. The number of rotatable bonds is 5. The van der Waals surface area contributed by atoms with Crippen LogP contribution in [0.5, 0.6) is 0 Å². The van der Waals surface area contributed by atoms with E-state index in [4.69, 9.17) is 4.74 Å². The van der Waals surface area contributed by atoms with E-state index in [0.717, 1.165) is 24.3 Å². The molecule has 0 saturated heterocycles. The van der Waals surface area contributed by atoms with Crippen molar-refractivity contribution in [3.63, 3.8) is 0 Å². The van der Waals surface area contributed by atoms with Crippen molar-refractivity contribution in [1.29, 1.82) is 0 Å². The van der Waals surface area contributed by atoms with Gasteiger partial charge in [0.05, 0.1) is 5.69 Å². The number of hydrogen-bond donors (Lipinski definition) is 2. The van der Waals surface area contributed by atoms with Gasteiger partial charge in [-0.25, -0.2) is 14.6 Å². The second-order valence-corrected chi connectivity index (χ2v) is 8.06. The summed E-state index contributed by atoms with van der Waals surface area (Å²) in [5.74, 6) is -0.918. The molecule has 0 radical (unpaired) electrons. The number of carbonyl (C=O) groups excluding carboxylic acids is 4. The molecule has 1 aromatic rings. The van der Waals surface area contributed by atoms with Crippen LogP contribution >= 0.6 is 0 Å². The van der Waals surface area contributed by atoms with E-state index in [1.807, 2.05) is 0 Å². The van der Waals surface area contributed by atoms with Crippen molar-refractivity contribution in [2.75, 3.05) is 11.6 Å². The van der Waals surface area contributed by atoms with E-state index in [0.29, 0.717) is 17.5 Å². The highest BCUT2D eigenvalue weighted by Crippen LogP contribution is 2.29. The molecule has 1 fully saturated rings. The molecule has 0 spiro atoms. The first-order valence-corrected chi connectivity index (χ1v) is 10.6. The zero-order valence-electron chi connectivity index (χ0n) is 17.8. The smallest absolute Gasteiger partial charge is 0.355 e. The molecule has 3 atom stereocenters. The van der Waals surface area contributed by atoms with Crippen LogP contribution in [0.4, 0.5) is 10.5 Å². The Morgan fingerprint density at radius 1 is 1.13 bits per heavy atom. The maximum Gasteiger partial charge on any atom is 0.355 e. The van der Waals surface area contributed by atoms with Gasteiger partial charge >= 0.3 is 12.0 Å². The number of hydrogen-bond acceptors (Lipinski definition) is 6. The Balaban J connectivity index is 1.49. The summed E-state index contributed by atoms with van der Waals surface area (Å²) in [5.41, 5.74) is 0.587. The van der Waals surface area contributed by atoms with Crippen molar-refractivity contribution in [2.24, 2.45) is 16.9 Å². The third-order valence-corrected chi connectivity index (χ3v) is 5.88. The molecule has 2 aliphatic rings. The number of anilines is 1. The standard InChI is InChI=1S/C22H28N4O5/c1-14-7-6-10-17(15(14)2)23-22(30)24-19(27)13-31-21(29)18-11-12-20(28)26(25-18)16-8-4-3-5-9-16/h3-5,8-9,14-15,17H,6-7,10-13H2,1-2H3,(H2,23,24,27,30)/t14-,15-,17-/m1/s1. The van der Waals surface area contributed by atoms with Gasteiger partial charge in [0.2, 0.25) is 5.91 Å². The van der Waals surface area contributed by atoms with Gasteiger partial charge in [-0.1, -0.05) is 44.9 Å². The lowest BCUT2D eigenvalue weighted by Crippen LogP contribution is -2.50. The largest absolute Gasteiger partial charge is 0.451 e. The van der Waals surface area contributed by atoms with E-state index in [2.05, 4.69) is 29.6 Å². The topological polar surface area (TPSA) is 117 Å². The fourth-order valence-electron chi connectivity index (χ4n) is 3.84. The van der Waals surface area contributed by atoms with E-state index >= 15 is 0 Å². The molecule has 166 valence electrons. The highest BCUT2D eigenvalue weighted by atomic mass is 16.5. The highest BCUT2D eigenvalue weighted by molar-refractivity contribution is 6.38. The Labute approximate surface area is 181 Å². The van der Waals surface area contributed by atoms with Gasteiger partial charge in [-0.05, 0) is 30.4 Å². The summed E-state index contributed by atoms with van der Waals surface area (Å²) in [4.78, 5) is 48.5. The van der Waals surface area contributed by atoms with Gasteiger partial charge < -0.3 is 10.1 Å². The number of ether oxygens (including phenoxy) is 1. The SMILES string of the molecule is C[C@@H]1[C@H](C)CCC[C@H]1NC(=O)NC(=O)COC(=O)C1=NN(c2ccccc2)C(=O)CC1. The number of urea groups is 1. The molecule has 0 bridgehead atoms. The van der Waals surface area contributed by atoms with Crippen molar-refractivity contribution in [1.82, 2.24) is 10.6 Å². The van der Waals surface area contributed by atoms with Crippen LogP contribution in [0.3, 0.4) is 0 Å². The molecule has 1 aromatic carbocycles. The number of hydrazone groups is 1. The third kappa shape index (κ3) is 5.90. The normalized spacial score (nSPS) is 23.5. The van der Waals surface area contributed by atoms with Crippen LogP contribution < -0.4 is 15.6 Å². The van der Waals surface area contributed by atoms with Gasteiger partial charge in [-0.2, -0.15) is 5.10 Å². The van der Waals surface area contributed by atoms with Crippen LogP contribution in [0, 0.1) is 11.8 Å². The summed E-state index contributed by atoms with van der Waals surface area (Å²) in [6, 6.07) is 8.15. The number of carbonyl (C=O) groups is 4. The Hall–Kier alpha value is -3.23. The van der Waals surface area contributed by atoms with E-state index < -0.39 is 24.5 Å². The molecule has 9 nitrogen and oxygen atoms in total. The van der Waals surface area contributed by atoms with Gasteiger partial charge in [-0.3, -0.25) is 14.9 Å². The molecule has 1 heterocycles. The number of nitrogens with one attached hydrogen (secondary N) is 2. The van der Waals surface area contributed by atoms with Crippen molar-refractivity contribution in [2.45, 2.75) is 52.0 Å². The number of para-hydroxylation sites is 1. The van der Waals surface area contributed by atoms with Crippen LogP contribution in [0.1, 0.15) is 46.0 Å². The summed E-state index contributed by atoms with van der Waals surface area (Å²) in [7, 11) is 0. The van der Waals surface area contributed by atoms with Gasteiger partial charge in [0.15, 0.2) is 6.61 Å². The summed E-state index contributed by atoms with van der Waals surface area (Å²) in [6.07, 6.45) is 3.27. The monoisotopic (exact) mass is 428 g/mol. The highest BCUT2D eigenvalue weighted by Gasteiger charge is 2.29. The minimum atomic E-state index is -0.793. The molecular weight excluding hydrogens is 400 g/mol. The Bertz CT molecular complexity index is 870. The van der Waals surface area contributed by atoms with Crippen LogP contribution in [-0.2, 0) is 19.1 Å². The van der Waals surface area contributed by atoms with Crippen molar-refractivity contribution >= 4 is 35.2 Å². The Morgan fingerprint density at radius 2 is 1.87 bits per heavy atom. The van der Waals surface area contributed by atoms with Crippen LogP contribution in [0.25, 0.3) is 0 Å². The number of benzene rings is 1. The van der Waals surface area contributed by atoms with Crippen LogP contribution in [0.2, 0.25) is 0 Å². The Kier molecular flexibility index (Phi) is 7.38. The van der Waals surface area contributed by atoms with Crippen molar-refractivity contribution in [3.05, 3.63) is 30.3 Å². The average Bonchev–Trinajstić information content (AvgIpc) is 2.76. The molecule has 1 aliphatic heterocycles. The van der Waals surface area contributed by atoms with Gasteiger partial charge in [-0.15, -0.1) is 0 Å². The molecule has 1 saturated carbocycles. The first-order valence-electron chi connectivity index (χ1n) is 10.6. The summed E-state index contributed by atoms with van der Waals surface area (Å²) in [5, 5.41) is 10.3. The molecule has 2 N–H and O–H groups in total. The zero-order chi connectivity index (χ0) is 22.4. The molecule has 4 amide bonds. The lowest BCUT2D eigenvalue weighted by atomic mass is 9.78. The average molecular weight is 428 g/mol. The molecule has 1 aliphatic carbocycles. The first-order chi connectivity index (χ1) is 14.8. The number of nitrogens with zero attached hydrogens (tertiary/aromatic N) is 2. The second kappa shape index (κ2) is 10.2. The summed E-state index contributed by atoms with van der Waals surface area (Å²) < 4.78 is 4.99. The quantitative estimate of drug-likeness (QED) is 0.698. The maximum absolute atomic E-state index is 12.3. The first kappa shape index (κ1) is 22.5. The lowest BCUT2D eigenvalue weighted by Gasteiger charge is -2.34. The molecule has 3 rings (SSSR count). The fraction of sp³-hybridized carbons (Fsp3) is 0.500. The van der Waals surface area contributed by atoms with E-state index in [1.165, 1.54) is 0 Å². The predicted octanol–water partition coefficient (Wildman–Crippen LogP) is 2.36. The van der Waals surface area contributed by atoms with Gasteiger partial charge in [0.1, 0.15) is 5.71 Å². The van der Waals surface area contributed by atoms with E-state index in [1.54, 1.807) is 30.3 Å². The van der Waals surface area contributed by atoms with Gasteiger partial charge in [0.25, 0.3) is 5.91 Å². The maximum atomic E-state index is 12.3. The van der Waals surface area contributed by atoms with Crippen molar-refractivity contribution < 1.29 is 23.9 Å². The molecule has 0 aromatic heterocycles. The summed E-state index contributed by atoms with van der Waals surface area (Å²) >= 11 is 0. The summed E-state index contributed by atoms with van der Waals surface area (Å²) in [6.45, 7) is 3.63. The minimum Gasteiger partial charge on any atom is -0.451 e. The number of esters is 1. The number of amides is 4. The molecule has 31 heavy (non-hydrogen) atoms. The fourth-order valence-corrected chi connectivity index (χ4v) is 3.84. The molecule has 0 unspecified atom stereocenters. The molecule has 9 heteroatoms. The Morgan fingerprint density at radius 3 is 2.61 bits per heavy atom.